The third-order valence-electron chi connectivity index (χ3n) is 0. The Labute approximate surface area is 124 Å². The fourth-order valence-corrected chi connectivity index (χ4v) is 0. The van der Waals surface area contributed by atoms with Crippen molar-refractivity contribution in [3.8, 4) is 0 Å². The first-order chi connectivity index (χ1) is 2.00. The van der Waals surface area contributed by atoms with E-state index in [0.717, 1.165) is 0 Å². The zero-order valence-electron chi connectivity index (χ0n) is 3.44. The van der Waals surface area contributed by atoms with Gasteiger partial charge in [0.15, 0.2) is 0 Å². The van der Waals surface area contributed by atoms with Gasteiger partial charge in [-0.15, -0.1) is 0 Å². The number of hydrogen-bond acceptors (Lipinski definition) is 4. The molecule has 0 aromatic heterocycles. The fraction of sp³-hybridized carbons (Fsp3) is 0. The molecule has 0 rings (SSSR count). The molecule has 0 bridgehead atoms. The average Bonchev–Trinajstić information content (AvgIpc) is 0.722. The monoisotopic (exact) mass is 599 g/mol. The van der Waals surface area contributed by atoms with Crippen LogP contribution >= 0.6 is 0 Å². The maximum atomic E-state index is 7.38. The summed E-state index contributed by atoms with van der Waals surface area (Å²) in [5.41, 5.74) is 0. The van der Waals surface area contributed by atoms with E-state index in [0.29, 0.717) is 0 Å². The van der Waals surface area contributed by atoms with Gasteiger partial charge in [0, 0.05) is 22.4 Å². The third-order valence-corrected chi connectivity index (χ3v) is 0. The molecule has 0 heterocycles. The second kappa shape index (κ2) is 10.7. The van der Waals surface area contributed by atoms with Crippen LogP contribution in [-0.4, -0.2) is 86.4 Å². The smallest absolute Gasteiger partial charge is 0 e. The van der Waals surface area contributed by atoms with Crippen LogP contribution in [0.2, 0.25) is 0 Å². The van der Waals surface area contributed by atoms with Crippen molar-refractivity contribution in [3.63, 3.8) is 0 Å². The van der Waals surface area contributed by atoms with Gasteiger partial charge in [-0.2, -0.15) is 0 Å². The van der Waals surface area contributed by atoms with Gasteiger partial charge in [0.1, 0.15) is 0 Å². The van der Waals surface area contributed by atoms with E-state index in [1.807, 2.05) is 0 Å². The largest absolute Gasteiger partial charge is 0 e. The summed E-state index contributed by atoms with van der Waals surface area (Å²) in [5, 5.41) is 0. The second-order valence-corrected chi connectivity index (χ2v) is 2.47. The van der Waals surface area contributed by atoms with Crippen molar-refractivity contribution in [3.05, 3.63) is 0 Å². The minimum atomic E-state index is -5.00. The van der Waals surface area contributed by atoms with Crippen molar-refractivity contribution in [2.45, 2.75) is 0 Å². The molecule has 0 amide bonds. The molecule has 8 heavy (non-hydrogen) atoms. The van der Waals surface area contributed by atoms with Gasteiger partial charge >= 0.3 is 105 Å². The van der Waals surface area contributed by atoms with Crippen molar-refractivity contribution in [1.29, 1.82) is 0 Å². The summed E-state index contributed by atoms with van der Waals surface area (Å²) in [6.45, 7) is 0. The average molecular weight is 598 g/mol. The van der Waals surface area contributed by atoms with Crippen LogP contribution in [0.1, 0.15) is 0 Å². The molecule has 0 saturated heterocycles. The third kappa shape index (κ3) is 54.1. The van der Waals surface area contributed by atoms with E-state index in [1.54, 1.807) is 0 Å². The molecule has 49 valence electrons. The first-order valence-electron chi connectivity index (χ1n) is 0.894. The molecule has 0 aliphatic rings. The van der Waals surface area contributed by atoms with Gasteiger partial charge in [-0.3, -0.25) is 0 Å². The van der Waals surface area contributed by atoms with Gasteiger partial charge in [-0.25, -0.2) is 0 Å². The molecule has 0 aromatic rings. The minimum absolute atomic E-state index is 0. The van der Waals surface area contributed by atoms with Crippen LogP contribution in [0.15, 0.2) is 0 Å². The summed E-state index contributed by atoms with van der Waals surface area (Å²) in [6.07, 6.45) is 0. The van der Waals surface area contributed by atoms with E-state index in [2.05, 4.69) is 0 Å². The van der Waals surface area contributed by atoms with Gasteiger partial charge < -0.3 is 0 Å². The predicted octanol–water partition coefficient (Wildman–Crippen LogP) is -4.33. The molecule has 0 aromatic carbocycles. The van der Waals surface area contributed by atoms with Gasteiger partial charge in [0.2, 0.25) is 0 Å². The molecule has 8 heteroatoms. The maximum absolute atomic E-state index is 7.38. The number of rotatable bonds is 0. The van der Waals surface area contributed by atoms with Crippen LogP contribution in [-0.2, 0) is 40.5 Å². The van der Waals surface area contributed by atoms with Crippen molar-refractivity contribution >= 4 is 71.7 Å². The number of hydrogen-bond donors (Lipinski definition) is 4. The van der Waals surface area contributed by atoms with Gasteiger partial charge in [-0.1, -0.05) is 0 Å². The van der Waals surface area contributed by atoms with Crippen LogP contribution in [0.4, 0.5) is 0 Å². The van der Waals surface area contributed by atoms with E-state index in [-0.39, 0.29) is 94.1 Å². The second-order valence-electron chi connectivity index (χ2n) is 0.600. The minimum Gasteiger partial charge on any atom is 0 e. The van der Waals surface area contributed by atoms with Crippen LogP contribution in [0.25, 0.3) is 0 Å². The molecule has 0 fully saturated rings. The maximum Gasteiger partial charge on any atom is 0 e. The van der Waals surface area contributed by atoms with Crippen LogP contribution in [0.3, 0.4) is 0 Å². The fourth-order valence-electron chi connectivity index (χ4n) is 0. The quantitative estimate of drug-likeness (QED) is 0.213. The SMILES string of the molecule is [BiH3].[OH][Ti]([OH])([OH])[OH].[SrH2].[Ta]. The first kappa shape index (κ1) is 22.6. The molecular formula is H9BiO4SrTaTi. The van der Waals surface area contributed by atoms with Crippen LogP contribution in [0.5, 0.6) is 0 Å². The summed E-state index contributed by atoms with van der Waals surface area (Å²) < 4.78 is 29.5. The standard InChI is InChI=1S/Bi.4H2O.Sr.Ta.Ti.5H/h;4*1H2;;;;;;;;/q;;;;;;;+4;;;;;/p-4. The Morgan fingerprint density at radius 1 is 0.875 bits per heavy atom. The molecular weight excluding hydrogens is 589 g/mol. The molecule has 1 radical (unpaired) electrons. The van der Waals surface area contributed by atoms with Crippen LogP contribution < -0.4 is 0 Å². The summed E-state index contributed by atoms with van der Waals surface area (Å²) in [7, 11) is 0. The molecule has 0 unspecified atom stereocenters. The molecule has 4 nitrogen and oxygen atoms in total. The van der Waals surface area contributed by atoms with Crippen molar-refractivity contribution in [2.75, 3.05) is 0 Å². The predicted molar refractivity (Wildman–Crippen MR) is 27.4 cm³/mol. The van der Waals surface area contributed by atoms with E-state index >= 15 is 0 Å². The van der Waals surface area contributed by atoms with E-state index in [1.165, 1.54) is 0 Å². The Hall–Kier alpha value is 3.66. The molecule has 4 N–H and O–H groups in total. The van der Waals surface area contributed by atoms with E-state index in [9.17, 15) is 0 Å². The Balaban J connectivity index is -0.0000000267. The zero-order chi connectivity index (χ0) is 4.50. The topological polar surface area (TPSA) is 80.9 Å². The molecule has 0 saturated carbocycles. The Kier molecular flexibility index (Phi) is 30.1. The van der Waals surface area contributed by atoms with Crippen molar-refractivity contribution in [1.82, 2.24) is 0 Å². The summed E-state index contributed by atoms with van der Waals surface area (Å²) in [4.78, 5) is 0. The van der Waals surface area contributed by atoms with Crippen LogP contribution in [0, 0.1) is 0 Å². The molecule has 0 atom stereocenters. The Morgan fingerprint density at radius 3 is 0.875 bits per heavy atom. The zero-order valence-corrected chi connectivity index (χ0v) is 13.7. The molecule has 0 aliphatic carbocycles. The Bertz CT molecular complexity index is 31.5. The summed E-state index contributed by atoms with van der Waals surface area (Å²) >= 11 is -5.00. The first-order valence-corrected chi connectivity index (χ1v) is 3.69. The van der Waals surface area contributed by atoms with Gasteiger partial charge in [-0.05, 0) is 0 Å². The normalized spacial score (nSPS) is 7.50. The van der Waals surface area contributed by atoms with Gasteiger partial charge in [0.25, 0.3) is 0 Å². The Morgan fingerprint density at radius 2 is 0.875 bits per heavy atom. The van der Waals surface area contributed by atoms with Crippen molar-refractivity contribution < 1.29 is 55.3 Å². The van der Waals surface area contributed by atoms with E-state index < -0.39 is 18.1 Å². The van der Waals surface area contributed by atoms with Crippen molar-refractivity contribution in [2.24, 2.45) is 0 Å². The van der Waals surface area contributed by atoms with Gasteiger partial charge in [0.05, 0.1) is 0 Å². The summed E-state index contributed by atoms with van der Waals surface area (Å²) in [6, 6.07) is 0. The molecule has 0 spiro atoms. The molecule has 0 aliphatic heterocycles. The van der Waals surface area contributed by atoms with E-state index in [4.69, 9.17) is 14.8 Å². The summed E-state index contributed by atoms with van der Waals surface area (Å²) in [5.74, 6) is 0.